The summed E-state index contributed by atoms with van der Waals surface area (Å²) in [5.41, 5.74) is -1.59. The molecule has 0 unspecified atom stereocenters. The molecular weight excluding hydrogens is 301 g/mol. The minimum absolute atomic E-state index is 0. The molecule has 0 aliphatic heterocycles. The third-order valence-corrected chi connectivity index (χ3v) is 2.23. The first kappa shape index (κ1) is 14.2. The quantitative estimate of drug-likeness (QED) is 0.451. The second kappa shape index (κ2) is 4.83. The van der Waals surface area contributed by atoms with Gasteiger partial charge < -0.3 is 0 Å². The standard InChI is InChI=1S/C7H3F3NO2Se.ClH/c8-7(9,10)5-3-4(11(12)13)1-2-6(5)14;/h1-3H;1H. The molecule has 15 heavy (non-hydrogen) atoms. The summed E-state index contributed by atoms with van der Waals surface area (Å²) >= 11 is 2.20. The second-order valence-corrected chi connectivity index (χ2v) is 3.36. The summed E-state index contributed by atoms with van der Waals surface area (Å²) in [6, 6.07) is 2.55. The van der Waals surface area contributed by atoms with E-state index >= 15 is 0 Å². The van der Waals surface area contributed by atoms with Crippen molar-refractivity contribution >= 4 is 38.6 Å². The maximum absolute atomic E-state index is 12.2. The Morgan fingerprint density at radius 1 is 1.33 bits per heavy atom. The fourth-order valence-corrected chi connectivity index (χ4v) is 1.36. The minimum atomic E-state index is -4.58. The van der Waals surface area contributed by atoms with Crippen LogP contribution >= 0.6 is 12.4 Å². The van der Waals surface area contributed by atoms with Crippen LogP contribution in [0.2, 0.25) is 0 Å². The van der Waals surface area contributed by atoms with Crippen molar-refractivity contribution in [2.24, 2.45) is 0 Å². The van der Waals surface area contributed by atoms with E-state index in [4.69, 9.17) is 0 Å². The summed E-state index contributed by atoms with van der Waals surface area (Å²) in [6.45, 7) is 0. The van der Waals surface area contributed by atoms with Crippen molar-refractivity contribution < 1.29 is 18.1 Å². The molecule has 1 rings (SSSR count). The van der Waals surface area contributed by atoms with E-state index in [0.29, 0.717) is 6.07 Å². The number of halogens is 4. The van der Waals surface area contributed by atoms with Gasteiger partial charge in [-0.1, -0.05) is 0 Å². The van der Waals surface area contributed by atoms with Gasteiger partial charge in [0.2, 0.25) is 0 Å². The SMILES string of the molecule is Cl.O=[N+]([O-])c1ccc([Se])c(C(F)(F)F)c1. The monoisotopic (exact) mass is 306 g/mol. The fraction of sp³-hybridized carbons (Fsp3) is 0.143. The summed E-state index contributed by atoms with van der Waals surface area (Å²) in [5.74, 6) is 0. The number of hydrogen-bond acceptors (Lipinski definition) is 2. The van der Waals surface area contributed by atoms with E-state index in [0.717, 1.165) is 12.1 Å². The maximum atomic E-state index is 12.2. The van der Waals surface area contributed by atoms with Gasteiger partial charge in [0.05, 0.1) is 0 Å². The zero-order chi connectivity index (χ0) is 10.9. The van der Waals surface area contributed by atoms with Crippen molar-refractivity contribution in [1.29, 1.82) is 0 Å². The predicted octanol–water partition coefficient (Wildman–Crippen LogP) is 1.83. The number of benzene rings is 1. The molecule has 0 spiro atoms. The molecule has 0 aliphatic rings. The van der Waals surface area contributed by atoms with Gasteiger partial charge in [-0.2, -0.15) is 0 Å². The van der Waals surface area contributed by atoms with E-state index in [2.05, 4.69) is 16.0 Å². The topological polar surface area (TPSA) is 43.1 Å². The van der Waals surface area contributed by atoms with Gasteiger partial charge in [0.25, 0.3) is 0 Å². The van der Waals surface area contributed by atoms with Crippen molar-refractivity contribution in [1.82, 2.24) is 0 Å². The van der Waals surface area contributed by atoms with Crippen LogP contribution in [0.15, 0.2) is 18.2 Å². The molecular formula is C7H4ClF3NO2Se. The van der Waals surface area contributed by atoms with Crippen LogP contribution < -0.4 is 4.46 Å². The molecule has 0 atom stereocenters. The van der Waals surface area contributed by atoms with Crippen LogP contribution in [0.3, 0.4) is 0 Å². The fourth-order valence-electron chi connectivity index (χ4n) is 0.853. The number of nitro groups is 1. The van der Waals surface area contributed by atoms with Crippen molar-refractivity contribution in [2.45, 2.75) is 6.18 Å². The molecule has 0 saturated carbocycles. The Kier molecular flexibility index (Phi) is 4.58. The van der Waals surface area contributed by atoms with Crippen LogP contribution in [-0.4, -0.2) is 20.9 Å². The van der Waals surface area contributed by atoms with Crippen LogP contribution in [0.5, 0.6) is 0 Å². The van der Waals surface area contributed by atoms with Crippen LogP contribution in [-0.2, 0) is 6.18 Å². The van der Waals surface area contributed by atoms with E-state index < -0.39 is 22.4 Å². The average molecular weight is 306 g/mol. The Morgan fingerprint density at radius 2 is 1.87 bits per heavy atom. The van der Waals surface area contributed by atoms with Crippen molar-refractivity contribution in [2.75, 3.05) is 0 Å². The Bertz CT molecular complexity index is 383. The Balaban J connectivity index is 0.00000196. The normalized spacial score (nSPS) is 10.6. The molecule has 0 fully saturated rings. The number of non-ortho nitro benzene ring substituents is 1. The van der Waals surface area contributed by atoms with Crippen molar-refractivity contribution in [3.8, 4) is 0 Å². The molecule has 0 aliphatic carbocycles. The van der Waals surface area contributed by atoms with Gasteiger partial charge in [-0.15, -0.1) is 12.4 Å². The Hall–Kier alpha value is -0.781. The molecule has 8 heteroatoms. The van der Waals surface area contributed by atoms with Crippen LogP contribution in [0.4, 0.5) is 18.9 Å². The van der Waals surface area contributed by atoms with E-state index in [9.17, 15) is 23.3 Å². The second-order valence-electron chi connectivity index (χ2n) is 2.44. The number of nitro benzene ring substituents is 1. The van der Waals surface area contributed by atoms with E-state index in [-0.39, 0.29) is 16.9 Å². The molecule has 0 heterocycles. The van der Waals surface area contributed by atoms with E-state index in [1.807, 2.05) is 0 Å². The third-order valence-electron chi connectivity index (χ3n) is 1.48. The molecule has 0 amide bonds. The first-order chi connectivity index (χ1) is 6.32. The van der Waals surface area contributed by atoms with Crippen LogP contribution in [0.25, 0.3) is 0 Å². The summed E-state index contributed by atoms with van der Waals surface area (Å²) in [5, 5.41) is 10.2. The van der Waals surface area contributed by atoms with Crippen LogP contribution in [0.1, 0.15) is 5.56 Å². The van der Waals surface area contributed by atoms with Gasteiger partial charge in [-0.3, -0.25) is 0 Å². The zero-order valence-electron chi connectivity index (χ0n) is 6.95. The molecule has 0 aromatic heterocycles. The molecule has 0 saturated heterocycles. The average Bonchev–Trinajstić information content (AvgIpc) is 2.02. The van der Waals surface area contributed by atoms with Gasteiger partial charge in [0, 0.05) is 0 Å². The molecule has 1 aromatic rings. The van der Waals surface area contributed by atoms with Gasteiger partial charge in [-0.05, 0) is 0 Å². The van der Waals surface area contributed by atoms with Crippen molar-refractivity contribution in [3.05, 3.63) is 33.9 Å². The molecule has 1 radical (unpaired) electrons. The van der Waals surface area contributed by atoms with Crippen LogP contribution in [0, 0.1) is 10.1 Å². The zero-order valence-corrected chi connectivity index (χ0v) is 9.48. The van der Waals surface area contributed by atoms with E-state index in [1.165, 1.54) is 0 Å². The third kappa shape index (κ3) is 3.37. The summed E-state index contributed by atoms with van der Waals surface area (Å²) in [6.07, 6.45) is -4.58. The molecule has 3 nitrogen and oxygen atoms in total. The van der Waals surface area contributed by atoms with Gasteiger partial charge in [-0.25, -0.2) is 0 Å². The van der Waals surface area contributed by atoms with E-state index in [1.54, 1.807) is 0 Å². The van der Waals surface area contributed by atoms with Gasteiger partial charge in [0.1, 0.15) is 0 Å². The summed E-state index contributed by atoms with van der Waals surface area (Å²) in [4.78, 5) is 9.35. The molecule has 1 aromatic carbocycles. The molecule has 0 N–H and O–H groups in total. The molecule has 83 valence electrons. The first-order valence-electron chi connectivity index (χ1n) is 3.35. The Labute approximate surface area is 97.0 Å². The first-order valence-corrected chi connectivity index (χ1v) is 4.20. The Morgan fingerprint density at radius 3 is 2.27 bits per heavy atom. The number of rotatable bonds is 1. The van der Waals surface area contributed by atoms with Gasteiger partial charge >= 0.3 is 84.3 Å². The summed E-state index contributed by atoms with van der Waals surface area (Å²) in [7, 11) is 0. The number of alkyl halides is 3. The number of hydrogen-bond donors (Lipinski definition) is 0. The van der Waals surface area contributed by atoms with Crippen molar-refractivity contribution in [3.63, 3.8) is 0 Å². The van der Waals surface area contributed by atoms with Gasteiger partial charge in [0.15, 0.2) is 0 Å². The summed E-state index contributed by atoms with van der Waals surface area (Å²) < 4.78 is 36.6. The molecule has 0 bridgehead atoms. The predicted molar refractivity (Wildman–Crippen MR) is 50.7 cm³/mol. The number of nitrogens with zero attached hydrogens (tertiary/aromatic N) is 1.